The summed E-state index contributed by atoms with van der Waals surface area (Å²) in [5, 5.41) is 14.7. The molecule has 0 amide bonds. The number of nitrogens with two attached hydrogens (primary N) is 1. The van der Waals surface area contributed by atoms with Crippen LogP contribution in [0.3, 0.4) is 0 Å². The summed E-state index contributed by atoms with van der Waals surface area (Å²) in [5.74, 6) is 0. The molecule has 0 aromatic heterocycles. The second-order valence-corrected chi connectivity index (χ2v) is 1.76. The maximum atomic E-state index is 7.99. The zero-order chi connectivity index (χ0) is 6.57. The Morgan fingerprint density at radius 2 is 2.38 bits per heavy atom. The van der Waals surface area contributed by atoms with Crippen LogP contribution in [0.4, 0.5) is 0 Å². The minimum atomic E-state index is -0.0856. The zero-order valence-corrected chi connectivity index (χ0v) is 4.96. The monoisotopic (exact) mass is 127 g/mol. The molecule has 0 fully saturated rings. The maximum absolute atomic E-state index is 7.99. The van der Waals surface area contributed by atoms with E-state index in [0.29, 0.717) is 0 Å². The molecule has 3 N–H and O–H groups in total. The van der Waals surface area contributed by atoms with Gasteiger partial charge in [-0.25, -0.2) is 0 Å². The molecule has 0 bridgehead atoms. The molecule has 0 aliphatic rings. The summed E-state index contributed by atoms with van der Waals surface area (Å²) >= 11 is 4.42. The number of rotatable bonds is 2. The van der Waals surface area contributed by atoms with E-state index in [1.54, 1.807) is 6.07 Å². The summed E-state index contributed by atoms with van der Waals surface area (Å²) in [5.41, 5.74) is 4.92. The van der Waals surface area contributed by atoms with Gasteiger partial charge in [-0.2, -0.15) is 5.26 Å². The van der Waals surface area contributed by atoms with Crippen molar-refractivity contribution in [3.8, 4) is 6.07 Å². The standard InChI is InChI=1S/C4H5N3S/c5-2-3(6)1-4(7)8/h6H,1H2,(H2,7,8). The van der Waals surface area contributed by atoms with Gasteiger partial charge >= 0.3 is 0 Å². The summed E-state index contributed by atoms with van der Waals surface area (Å²) < 4.78 is 0. The van der Waals surface area contributed by atoms with Crippen LogP contribution in [0.15, 0.2) is 0 Å². The first-order chi connectivity index (χ1) is 3.66. The van der Waals surface area contributed by atoms with Crippen molar-refractivity contribution in [3.63, 3.8) is 0 Å². The smallest absolute Gasteiger partial charge is 0.115 e. The van der Waals surface area contributed by atoms with E-state index in [9.17, 15) is 0 Å². The van der Waals surface area contributed by atoms with Gasteiger partial charge in [0.05, 0.1) is 4.99 Å². The Bertz CT molecular complexity index is 155. The molecule has 8 heavy (non-hydrogen) atoms. The first-order valence-corrected chi connectivity index (χ1v) is 2.33. The van der Waals surface area contributed by atoms with Crippen molar-refractivity contribution in [1.82, 2.24) is 0 Å². The Hall–Kier alpha value is -0.950. The molecule has 0 radical (unpaired) electrons. The van der Waals surface area contributed by atoms with Gasteiger partial charge in [-0.05, 0) is 0 Å². The van der Waals surface area contributed by atoms with Gasteiger partial charge in [-0.3, -0.25) is 5.41 Å². The van der Waals surface area contributed by atoms with Crippen LogP contribution in [0.25, 0.3) is 0 Å². The van der Waals surface area contributed by atoms with Crippen LogP contribution in [-0.2, 0) is 0 Å². The Labute approximate surface area is 52.6 Å². The SMILES string of the molecule is N#CC(=N)CC(N)=S. The molecule has 0 saturated carbocycles. The highest BCUT2D eigenvalue weighted by molar-refractivity contribution is 7.80. The fourth-order valence-corrected chi connectivity index (χ4v) is 0.358. The van der Waals surface area contributed by atoms with Gasteiger partial charge in [0.1, 0.15) is 11.8 Å². The summed E-state index contributed by atoms with van der Waals surface area (Å²) in [4.78, 5) is 0.191. The Morgan fingerprint density at radius 3 is 2.50 bits per heavy atom. The average Bonchev–Trinajstić information content (AvgIpc) is 1.65. The Morgan fingerprint density at radius 1 is 1.88 bits per heavy atom. The fraction of sp³-hybridized carbons (Fsp3) is 0.250. The number of nitrogens with one attached hydrogen (secondary N) is 1. The lowest BCUT2D eigenvalue weighted by Crippen LogP contribution is -2.11. The summed E-state index contributed by atoms with van der Waals surface area (Å²) in [6.45, 7) is 0. The van der Waals surface area contributed by atoms with Crippen molar-refractivity contribution >= 4 is 22.9 Å². The lowest BCUT2D eigenvalue weighted by molar-refractivity contribution is 1.41. The third-order valence-corrected chi connectivity index (χ3v) is 0.630. The highest BCUT2D eigenvalue weighted by Gasteiger charge is 1.93. The van der Waals surface area contributed by atoms with Crippen LogP contribution in [0.2, 0.25) is 0 Å². The molecule has 0 spiro atoms. The van der Waals surface area contributed by atoms with E-state index >= 15 is 0 Å². The van der Waals surface area contributed by atoms with Crippen molar-refractivity contribution in [2.75, 3.05) is 0 Å². The van der Waals surface area contributed by atoms with Crippen molar-refractivity contribution in [2.45, 2.75) is 6.42 Å². The highest BCUT2D eigenvalue weighted by Crippen LogP contribution is 1.80. The summed E-state index contributed by atoms with van der Waals surface area (Å²) in [6, 6.07) is 1.61. The van der Waals surface area contributed by atoms with Gasteiger partial charge in [-0.1, -0.05) is 12.2 Å². The molecule has 4 heteroatoms. The predicted molar refractivity (Wildman–Crippen MR) is 34.7 cm³/mol. The van der Waals surface area contributed by atoms with Gasteiger partial charge < -0.3 is 5.73 Å². The normalized spacial score (nSPS) is 7.38. The fourth-order valence-electron chi connectivity index (χ4n) is 0.214. The molecule has 0 saturated heterocycles. The van der Waals surface area contributed by atoms with Crippen LogP contribution >= 0.6 is 12.2 Å². The third kappa shape index (κ3) is 3.25. The first-order valence-electron chi connectivity index (χ1n) is 1.92. The zero-order valence-electron chi connectivity index (χ0n) is 4.14. The van der Waals surface area contributed by atoms with Crippen molar-refractivity contribution < 1.29 is 0 Å². The average molecular weight is 127 g/mol. The van der Waals surface area contributed by atoms with E-state index in [0.717, 1.165) is 0 Å². The van der Waals surface area contributed by atoms with Gasteiger partial charge in [0.25, 0.3) is 0 Å². The van der Waals surface area contributed by atoms with Gasteiger partial charge in [-0.15, -0.1) is 0 Å². The molecule has 42 valence electrons. The summed E-state index contributed by atoms with van der Waals surface area (Å²) in [6.07, 6.45) is 0.117. The highest BCUT2D eigenvalue weighted by atomic mass is 32.1. The topological polar surface area (TPSA) is 73.7 Å². The number of nitrogens with zero attached hydrogens (tertiary/aromatic N) is 1. The Balaban J connectivity index is 3.61. The molecule has 0 atom stereocenters. The third-order valence-electron chi connectivity index (χ3n) is 0.486. The minimum Gasteiger partial charge on any atom is -0.393 e. The van der Waals surface area contributed by atoms with E-state index < -0.39 is 0 Å². The van der Waals surface area contributed by atoms with Crippen molar-refractivity contribution in [1.29, 1.82) is 10.7 Å². The maximum Gasteiger partial charge on any atom is 0.115 e. The molecule has 0 aromatic carbocycles. The predicted octanol–water partition coefficient (Wildman–Crippen LogP) is 0.206. The lowest BCUT2D eigenvalue weighted by atomic mass is 10.3. The van der Waals surface area contributed by atoms with Crippen LogP contribution < -0.4 is 5.73 Å². The van der Waals surface area contributed by atoms with Crippen molar-refractivity contribution in [2.24, 2.45) is 5.73 Å². The number of hydrogen-bond acceptors (Lipinski definition) is 3. The van der Waals surface area contributed by atoms with E-state index in [2.05, 4.69) is 12.2 Å². The van der Waals surface area contributed by atoms with Crippen LogP contribution in [0.1, 0.15) is 6.42 Å². The molecule has 0 aromatic rings. The van der Waals surface area contributed by atoms with Gasteiger partial charge in [0.2, 0.25) is 0 Å². The number of thiocarbonyl (C=S) groups is 1. The van der Waals surface area contributed by atoms with Gasteiger partial charge in [0.15, 0.2) is 0 Å². The molecule has 0 rings (SSSR count). The Kier molecular flexibility index (Phi) is 2.74. The molecular formula is C4H5N3S. The molecule has 0 aliphatic heterocycles. The number of hydrogen-bond donors (Lipinski definition) is 2. The first kappa shape index (κ1) is 7.05. The van der Waals surface area contributed by atoms with E-state index in [1.807, 2.05) is 0 Å². The lowest BCUT2D eigenvalue weighted by Gasteiger charge is -1.87. The van der Waals surface area contributed by atoms with Gasteiger partial charge in [0, 0.05) is 6.42 Å². The summed E-state index contributed by atoms with van der Waals surface area (Å²) in [7, 11) is 0. The largest absolute Gasteiger partial charge is 0.393 e. The molecule has 0 heterocycles. The van der Waals surface area contributed by atoms with E-state index in [4.69, 9.17) is 16.4 Å². The van der Waals surface area contributed by atoms with Crippen molar-refractivity contribution in [3.05, 3.63) is 0 Å². The molecule has 3 nitrogen and oxygen atoms in total. The minimum absolute atomic E-state index is 0.0856. The molecule has 0 aliphatic carbocycles. The van der Waals surface area contributed by atoms with Crippen LogP contribution in [-0.4, -0.2) is 10.7 Å². The second-order valence-electron chi connectivity index (χ2n) is 1.23. The second kappa shape index (κ2) is 3.10. The molecule has 0 unspecified atom stereocenters. The molecular weight excluding hydrogens is 122 g/mol. The van der Waals surface area contributed by atoms with E-state index in [1.165, 1.54) is 0 Å². The van der Waals surface area contributed by atoms with Crippen LogP contribution in [0.5, 0.6) is 0 Å². The van der Waals surface area contributed by atoms with Crippen LogP contribution in [0, 0.1) is 16.7 Å². The number of nitriles is 1. The van der Waals surface area contributed by atoms with E-state index in [-0.39, 0.29) is 17.1 Å². The quantitative estimate of drug-likeness (QED) is 0.411.